The van der Waals surface area contributed by atoms with Gasteiger partial charge in [-0.1, -0.05) is 25.8 Å². The molecule has 21 heavy (non-hydrogen) atoms. The molecule has 3 nitrogen and oxygen atoms in total. The van der Waals surface area contributed by atoms with Crippen molar-refractivity contribution < 1.29 is 18.5 Å². The van der Waals surface area contributed by atoms with Gasteiger partial charge in [-0.3, -0.25) is 4.21 Å². The molecule has 0 fully saturated rings. The normalized spacial score (nSPS) is 12.7. The van der Waals surface area contributed by atoms with E-state index in [4.69, 9.17) is 0 Å². The van der Waals surface area contributed by atoms with E-state index in [0.29, 0.717) is 21.4 Å². The quantitative estimate of drug-likeness (QED) is 0.776. The molecule has 0 amide bonds. The van der Waals surface area contributed by atoms with Gasteiger partial charge in [-0.25, -0.2) is 9.18 Å². The van der Waals surface area contributed by atoms with Crippen molar-refractivity contribution in [1.29, 1.82) is 0 Å². The average molecular weight is 328 g/mol. The number of rotatable bonds is 7. The number of thiophene rings is 1. The van der Waals surface area contributed by atoms with Crippen LogP contribution in [0.5, 0.6) is 0 Å². The van der Waals surface area contributed by atoms with E-state index in [2.05, 4.69) is 6.92 Å². The zero-order valence-electron chi connectivity index (χ0n) is 11.7. The van der Waals surface area contributed by atoms with Gasteiger partial charge in [0.25, 0.3) is 0 Å². The van der Waals surface area contributed by atoms with Gasteiger partial charge in [0.1, 0.15) is 10.7 Å². The van der Waals surface area contributed by atoms with Crippen molar-refractivity contribution in [3.63, 3.8) is 0 Å². The minimum absolute atomic E-state index is 0.0962. The third-order valence-electron chi connectivity index (χ3n) is 3.24. The van der Waals surface area contributed by atoms with E-state index in [9.17, 15) is 18.5 Å². The summed E-state index contributed by atoms with van der Waals surface area (Å²) in [6.45, 7) is 2.06. The molecule has 2 aromatic rings. The molecule has 0 saturated heterocycles. The van der Waals surface area contributed by atoms with E-state index < -0.39 is 22.6 Å². The summed E-state index contributed by atoms with van der Waals surface area (Å²) in [5.74, 6) is -0.904. The SMILES string of the molecule is CCCCCS(=O)Cc1c(C(=O)O)sc2cccc(F)c12. The van der Waals surface area contributed by atoms with Crippen LogP contribution in [0, 0.1) is 5.82 Å². The minimum Gasteiger partial charge on any atom is -0.477 e. The first kappa shape index (κ1) is 16.1. The smallest absolute Gasteiger partial charge is 0.346 e. The van der Waals surface area contributed by atoms with Crippen LogP contribution in [0.15, 0.2) is 18.2 Å². The number of carboxylic acids is 1. The van der Waals surface area contributed by atoms with Crippen molar-refractivity contribution in [3.8, 4) is 0 Å². The van der Waals surface area contributed by atoms with E-state index in [1.807, 2.05) is 0 Å². The van der Waals surface area contributed by atoms with Crippen molar-refractivity contribution >= 4 is 38.2 Å². The summed E-state index contributed by atoms with van der Waals surface area (Å²) in [6.07, 6.45) is 2.87. The van der Waals surface area contributed by atoms with E-state index in [1.54, 1.807) is 12.1 Å². The Hall–Kier alpha value is -1.27. The topological polar surface area (TPSA) is 54.4 Å². The van der Waals surface area contributed by atoms with Crippen molar-refractivity contribution in [2.75, 3.05) is 5.75 Å². The molecular formula is C15H17FO3S2. The minimum atomic E-state index is -1.17. The molecule has 1 aromatic carbocycles. The van der Waals surface area contributed by atoms with Gasteiger partial charge in [-0.05, 0) is 18.6 Å². The van der Waals surface area contributed by atoms with E-state index >= 15 is 0 Å². The van der Waals surface area contributed by atoms with Crippen LogP contribution in [0.3, 0.4) is 0 Å². The van der Waals surface area contributed by atoms with Crippen LogP contribution in [0.2, 0.25) is 0 Å². The lowest BCUT2D eigenvalue weighted by Gasteiger charge is -2.04. The predicted octanol–water partition coefficient (Wildman–Crippen LogP) is 4.18. The van der Waals surface area contributed by atoms with Gasteiger partial charge in [-0.15, -0.1) is 11.3 Å². The Morgan fingerprint density at radius 1 is 1.38 bits per heavy atom. The summed E-state index contributed by atoms with van der Waals surface area (Å²) in [5, 5.41) is 9.58. The molecule has 0 radical (unpaired) electrons. The van der Waals surface area contributed by atoms with Crippen molar-refractivity contribution in [1.82, 2.24) is 0 Å². The second-order valence-electron chi connectivity index (χ2n) is 4.82. The number of carbonyl (C=O) groups is 1. The Balaban J connectivity index is 2.34. The molecular weight excluding hydrogens is 311 g/mol. The van der Waals surface area contributed by atoms with E-state index in [1.165, 1.54) is 6.07 Å². The van der Waals surface area contributed by atoms with Crippen LogP contribution < -0.4 is 0 Å². The molecule has 0 aliphatic rings. The second-order valence-corrected chi connectivity index (χ2v) is 7.45. The zero-order chi connectivity index (χ0) is 15.4. The molecule has 1 aromatic heterocycles. The van der Waals surface area contributed by atoms with Gasteiger partial charge in [0.15, 0.2) is 0 Å². The van der Waals surface area contributed by atoms with Crippen LogP contribution in [-0.4, -0.2) is 21.0 Å². The van der Waals surface area contributed by atoms with Gasteiger partial charge in [0.05, 0.1) is 5.75 Å². The first-order chi connectivity index (χ1) is 10.0. The first-order valence-corrected chi connectivity index (χ1v) is 9.13. The standard InChI is InChI=1S/C15H17FO3S2/c1-2-3-4-8-21(19)9-10-13-11(16)6-5-7-12(13)20-14(10)15(17)18/h5-7H,2-4,8-9H2,1H3,(H,17,18). The molecule has 1 N–H and O–H groups in total. The summed E-state index contributed by atoms with van der Waals surface area (Å²) in [6, 6.07) is 4.56. The number of fused-ring (bicyclic) bond motifs is 1. The number of halogens is 1. The predicted molar refractivity (Wildman–Crippen MR) is 85.0 cm³/mol. The highest BCUT2D eigenvalue weighted by Gasteiger charge is 2.21. The van der Waals surface area contributed by atoms with Crippen molar-refractivity contribution in [2.24, 2.45) is 0 Å². The zero-order valence-corrected chi connectivity index (χ0v) is 13.4. The maximum Gasteiger partial charge on any atom is 0.346 e. The summed E-state index contributed by atoms with van der Waals surface area (Å²) in [7, 11) is -1.17. The number of hydrogen-bond donors (Lipinski definition) is 1. The lowest BCUT2D eigenvalue weighted by atomic mass is 10.1. The molecule has 1 unspecified atom stereocenters. The Kier molecular flexibility index (Phi) is 5.47. The first-order valence-electron chi connectivity index (χ1n) is 6.82. The average Bonchev–Trinajstić information content (AvgIpc) is 2.79. The third kappa shape index (κ3) is 3.68. The third-order valence-corrected chi connectivity index (χ3v) is 5.78. The molecule has 1 heterocycles. The lowest BCUT2D eigenvalue weighted by molar-refractivity contribution is 0.0701. The number of unbranched alkanes of at least 4 members (excludes halogenated alkanes) is 2. The Bertz CT molecular complexity index is 679. The lowest BCUT2D eigenvalue weighted by Crippen LogP contribution is -2.05. The van der Waals surface area contributed by atoms with Gasteiger partial charge in [-0.2, -0.15) is 0 Å². The number of aromatic carboxylic acids is 1. The fourth-order valence-corrected chi connectivity index (χ4v) is 4.67. The molecule has 0 aliphatic heterocycles. The summed E-state index contributed by atoms with van der Waals surface area (Å²) < 4.78 is 26.7. The summed E-state index contributed by atoms with van der Waals surface area (Å²) >= 11 is 1.04. The number of benzene rings is 1. The highest BCUT2D eigenvalue weighted by molar-refractivity contribution is 7.84. The van der Waals surface area contributed by atoms with Gasteiger partial charge < -0.3 is 5.11 Å². The molecule has 1 atom stereocenters. The maximum atomic E-state index is 14.0. The van der Waals surface area contributed by atoms with Gasteiger partial charge >= 0.3 is 5.97 Å². The van der Waals surface area contributed by atoms with Crippen LogP contribution >= 0.6 is 11.3 Å². The number of carboxylic acid groups (broad SMARTS) is 1. The van der Waals surface area contributed by atoms with Crippen molar-refractivity contribution in [2.45, 2.75) is 31.9 Å². The highest BCUT2D eigenvalue weighted by Crippen LogP contribution is 2.34. The van der Waals surface area contributed by atoms with E-state index in [0.717, 1.165) is 30.6 Å². The van der Waals surface area contributed by atoms with Crippen LogP contribution in [0.1, 0.15) is 41.4 Å². The molecule has 0 saturated carbocycles. The molecule has 0 aliphatic carbocycles. The molecule has 0 spiro atoms. The molecule has 0 bridgehead atoms. The fourth-order valence-electron chi connectivity index (χ4n) is 2.22. The summed E-state index contributed by atoms with van der Waals surface area (Å²) in [4.78, 5) is 11.4. The number of hydrogen-bond acceptors (Lipinski definition) is 3. The van der Waals surface area contributed by atoms with Crippen LogP contribution in [0.25, 0.3) is 10.1 Å². The Morgan fingerprint density at radius 2 is 2.14 bits per heavy atom. The van der Waals surface area contributed by atoms with Crippen LogP contribution in [-0.2, 0) is 16.6 Å². The maximum absolute atomic E-state index is 14.0. The van der Waals surface area contributed by atoms with E-state index in [-0.39, 0.29) is 10.6 Å². The van der Waals surface area contributed by atoms with Gasteiger partial charge in [0, 0.05) is 32.2 Å². The monoisotopic (exact) mass is 328 g/mol. The Labute approximate surface area is 129 Å². The highest BCUT2D eigenvalue weighted by atomic mass is 32.2. The van der Waals surface area contributed by atoms with Gasteiger partial charge in [0.2, 0.25) is 0 Å². The largest absolute Gasteiger partial charge is 0.477 e. The van der Waals surface area contributed by atoms with Crippen LogP contribution in [0.4, 0.5) is 4.39 Å². The second kappa shape index (κ2) is 7.13. The summed E-state index contributed by atoms with van der Waals surface area (Å²) in [5.41, 5.74) is 0.371. The molecule has 2 rings (SSSR count). The Morgan fingerprint density at radius 3 is 2.81 bits per heavy atom. The molecule has 114 valence electrons. The fraction of sp³-hybridized carbons (Fsp3) is 0.400. The van der Waals surface area contributed by atoms with Crippen molar-refractivity contribution in [3.05, 3.63) is 34.5 Å². The molecule has 6 heteroatoms.